The Morgan fingerprint density at radius 3 is 2.24 bits per heavy atom. The fraction of sp³-hybridized carbons (Fsp3) is 0.294. The van der Waals surface area contributed by atoms with Crippen molar-refractivity contribution >= 4 is 23.2 Å². The first-order valence-electron chi connectivity index (χ1n) is 7.00. The van der Waals surface area contributed by atoms with Crippen molar-refractivity contribution in [2.75, 3.05) is 0 Å². The van der Waals surface area contributed by atoms with Crippen LogP contribution in [0.25, 0.3) is 0 Å². The minimum absolute atomic E-state index is 0.207. The molecule has 0 spiro atoms. The summed E-state index contributed by atoms with van der Waals surface area (Å²) in [6, 6.07) is 13.6. The van der Waals surface area contributed by atoms with Gasteiger partial charge < -0.3 is 10.5 Å². The summed E-state index contributed by atoms with van der Waals surface area (Å²) in [5, 5.41) is 1.24. The zero-order chi connectivity index (χ0) is 15.2. The van der Waals surface area contributed by atoms with E-state index in [2.05, 4.69) is 6.92 Å². The van der Waals surface area contributed by atoms with E-state index in [1.807, 2.05) is 30.3 Å². The molecule has 0 amide bonds. The number of benzene rings is 2. The van der Waals surface area contributed by atoms with Gasteiger partial charge in [-0.3, -0.25) is 0 Å². The van der Waals surface area contributed by atoms with Crippen molar-refractivity contribution in [3.63, 3.8) is 0 Å². The first kappa shape index (κ1) is 16.2. The van der Waals surface area contributed by atoms with E-state index >= 15 is 0 Å². The van der Waals surface area contributed by atoms with Gasteiger partial charge >= 0.3 is 0 Å². The van der Waals surface area contributed by atoms with E-state index in [1.54, 1.807) is 12.1 Å². The summed E-state index contributed by atoms with van der Waals surface area (Å²) in [4.78, 5) is 0. The van der Waals surface area contributed by atoms with E-state index in [1.165, 1.54) is 5.56 Å². The fourth-order valence-electron chi connectivity index (χ4n) is 1.99. The number of hydrogen-bond donors (Lipinski definition) is 1. The molecule has 1 unspecified atom stereocenters. The molecule has 0 aliphatic carbocycles. The summed E-state index contributed by atoms with van der Waals surface area (Å²) in [5.74, 6) is 0.791. The molecule has 2 aromatic rings. The SMILES string of the molecule is CCC(N)Cc1ccc(OCc2c(Cl)cccc2Cl)cc1. The lowest BCUT2D eigenvalue weighted by Gasteiger charge is -2.11. The minimum atomic E-state index is 0.207. The van der Waals surface area contributed by atoms with Gasteiger partial charge in [0, 0.05) is 21.7 Å². The van der Waals surface area contributed by atoms with Crippen LogP contribution in [-0.2, 0) is 13.0 Å². The molecule has 0 fully saturated rings. The maximum absolute atomic E-state index is 6.12. The van der Waals surface area contributed by atoms with Gasteiger partial charge in [0.05, 0.1) is 0 Å². The molecule has 2 aromatic carbocycles. The number of ether oxygens (including phenoxy) is 1. The fourth-order valence-corrected chi connectivity index (χ4v) is 2.50. The zero-order valence-corrected chi connectivity index (χ0v) is 13.5. The second kappa shape index (κ2) is 7.69. The molecular weight excluding hydrogens is 305 g/mol. The molecule has 2 rings (SSSR count). The number of rotatable bonds is 6. The summed E-state index contributed by atoms with van der Waals surface area (Å²) in [6.07, 6.45) is 1.86. The minimum Gasteiger partial charge on any atom is -0.489 e. The third kappa shape index (κ3) is 4.63. The summed E-state index contributed by atoms with van der Waals surface area (Å²) in [7, 11) is 0. The molecule has 0 aliphatic heterocycles. The molecule has 0 heterocycles. The van der Waals surface area contributed by atoms with Crippen LogP contribution in [0.4, 0.5) is 0 Å². The van der Waals surface area contributed by atoms with Gasteiger partial charge in [0.25, 0.3) is 0 Å². The molecule has 2 N–H and O–H groups in total. The Morgan fingerprint density at radius 1 is 1.05 bits per heavy atom. The molecule has 1 atom stereocenters. The second-order valence-corrected chi connectivity index (χ2v) is 5.82. The number of nitrogens with two attached hydrogens (primary N) is 1. The molecule has 0 radical (unpaired) electrons. The smallest absolute Gasteiger partial charge is 0.119 e. The normalized spacial score (nSPS) is 12.2. The maximum Gasteiger partial charge on any atom is 0.119 e. The van der Waals surface area contributed by atoms with Gasteiger partial charge in [-0.15, -0.1) is 0 Å². The third-order valence-electron chi connectivity index (χ3n) is 3.39. The van der Waals surface area contributed by atoms with Crippen LogP contribution < -0.4 is 10.5 Å². The summed E-state index contributed by atoms with van der Waals surface area (Å²) < 4.78 is 5.74. The number of hydrogen-bond acceptors (Lipinski definition) is 2. The lowest BCUT2D eigenvalue weighted by molar-refractivity contribution is 0.306. The van der Waals surface area contributed by atoms with E-state index in [0.29, 0.717) is 16.7 Å². The predicted molar refractivity (Wildman–Crippen MR) is 89.2 cm³/mol. The van der Waals surface area contributed by atoms with Crippen molar-refractivity contribution in [1.82, 2.24) is 0 Å². The molecule has 0 bridgehead atoms. The van der Waals surface area contributed by atoms with E-state index in [9.17, 15) is 0 Å². The highest BCUT2D eigenvalue weighted by Crippen LogP contribution is 2.26. The summed E-state index contributed by atoms with van der Waals surface area (Å²) in [5.41, 5.74) is 7.97. The quantitative estimate of drug-likeness (QED) is 0.824. The van der Waals surface area contributed by atoms with E-state index in [0.717, 1.165) is 24.2 Å². The highest BCUT2D eigenvalue weighted by molar-refractivity contribution is 6.35. The lowest BCUT2D eigenvalue weighted by Crippen LogP contribution is -2.21. The van der Waals surface area contributed by atoms with Crippen molar-refractivity contribution in [2.45, 2.75) is 32.4 Å². The summed E-state index contributed by atoms with van der Waals surface area (Å²) >= 11 is 12.2. The van der Waals surface area contributed by atoms with Crippen LogP contribution in [-0.4, -0.2) is 6.04 Å². The van der Waals surface area contributed by atoms with Crippen LogP contribution in [0.2, 0.25) is 10.0 Å². The Hall–Kier alpha value is -1.22. The second-order valence-electron chi connectivity index (χ2n) is 5.01. The van der Waals surface area contributed by atoms with Gasteiger partial charge in [-0.1, -0.05) is 48.3 Å². The lowest BCUT2D eigenvalue weighted by atomic mass is 10.0. The average molecular weight is 324 g/mol. The average Bonchev–Trinajstić information content (AvgIpc) is 2.48. The number of halogens is 2. The van der Waals surface area contributed by atoms with Gasteiger partial charge in [0.15, 0.2) is 0 Å². The molecule has 0 saturated carbocycles. The van der Waals surface area contributed by atoms with Crippen LogP contribution in [0.3, 0.4) is 0 Å². The Morgan fingerprint density at radius 2 is 1.67 bits per heavy atom. The molecule has 112 valence electrons. The Labute approximate surface area is 135 Å². The predicted octanol–water partition coefficient (Wildman–Crippen LogP) is 4.85. The molecule has 0 saturated heterocycles. The van der Waals surface area contributed by atoms with Crippen LogP contribution in [0.15, 0.2) is 42.5 Å². The Bertz CT molecular complexity index is 564. The van der Waals surface area contributed by atoms with Crippen LogP contribution in [0.5, 0.6) is 5.75 Å². The van der Waals surface area contributed by atoms with Crippen LogP contribution in [0, 0.1) is 0 Å². The molecule has 0 aromatic heterocycles. The Balaban J connectivity index is 1.98. The van der Waals surface area contributed by atoms with Gasteiger partial charge in [-0.25, -0.2) is 0 Å². The van der Waals surface area contributed by atoms with Crippen molar-refractivity contribution < 1.29 is 4.74 Å². The standard InChI is InChI=1S/C17H19Cl2NO/c1-2-13(20)10-12-6-8-14(9-7-12)21-11-15-16(18)4-3-5-17(15)19/h3-9,13H,2,10-11,20H2,1H3. The van der Waals surface area contributed by atoms with Gasteiger partial charge in [0.2, 0.25) is 0 Å². The van der Waals surface area contributed by atoms with E-state index in [-0.39, 0.29) is 6.04 Å². The van der Waals surface area contributed by atoms with Crippen molar-refractivity contribution in [2.24, 2.45) is 5.73 Å². The Kier molecular flexibility index (Phi) is 5.92. The molecule has 2 nitrogen and oxygen atoms in total. The van der Waals surface area contributed by atoms with Crippen molar-refractivity contribution in [3.05, 3.63) is 63.6 Å². The molecular formula is C17H19Cl2NO. The van der Waals surface area contributed by atoms with E-state index < -0.39 is 0 Å². The summed E-state index contributed by atoms with van der Waals surface area (Å²) in [6.45, 7) is 2.45. The van der Waals surface area contributed by atoms with Gasteiger partial charge in [-0.05, 0) is 42.7 Å². The maximum atomic E-state index is 6.12. The highest BCUT2D eigenvalue weighted by atomic mass is 35.5. The topological polar surface area (TPSA) is 35.2 Å². The third-order valence-corrected chi connectivity index (χ3v) is 4.10. The largest absolute Gasteiger partial charge is 0.489 e. The monoisotopic (exact) mass is 323 g/mol. The molecule has 4 heteroatoms. The zero-order valence-electron chi connectivity index (χ0n) is 12.0. The highest BCUT2D eigenvalue weighted by Gasteiger charge is 2.06. The molecule has 0 aliphatic rings. The molecule has 21 heavy (non-hydrogen) atoms. The van der Waals surface area contributed by atoms with Crippen molar-refractivity contribution in [1.29, 1.82) is 0 Å². The van der Waals surface area contributed by atoms with Crippen LogP contribution >= 0.6 is 23.2 Å². The first-order chi connectivity index (χ1) is 10.1. The first-order valence-corrected chi connectivity index (χ1v) is 7.76. The van der Waals surface area contributed by atoms with Crippen LogP contribution in [0.1, 0.15) is 24.5 Å². The van der Waals surface area contributed by atoms with E-state index in [4.69, 9.17) is 33.7 Å². The van der Waals surface area contributed by atoms with Gasteiger partial charge in [0.1, 0.15) is 12.4 Å². The van der Waals surface area contributed by atoms with Crippen molar-refractivity contribution in [3.8, 4) is 5.75 Å². The van der Waals surface area contributed by atoms with Gasteiger partial charge in [-0.2, -0.15) is 0 Å².